The first kappa shape index (κ1) is 15.4. The van der Waals surface area contributed by atoms with Gasteiger partial charge in [-0.25, -0.2) is 0 Å². The van der Waals surface area contributed by atoms with Crippen molar-refractivity contribution in [3.05, 3.63) is 64.2 Å². The van der Waals surface area contributed by atoms with E-state index in [0.717, 1.165) is 11.3 Å². The van der Waals surface area contributed by atoms with Gasteiger partial charge < -0.3 is 9.64 Å². The second-order valence-corrected chi connectivity index (χ2v) is 5.86. The molecule has 1 aliphatic heterocycles. The van der Waals surface area contributed by atoms with Crippen LogP contribution < -0.4 is 4.74 Å². The van der Waals surface area contributed by atoms with Gasteiger partial charge in [-0.3, -0.25) is 4.79 Å². The molecule has 2 unspecified atom stereocenters. The predicted octanol–water partition coefficient (Wildman–Crippen LogP) is 4.13. The van der Waals surface area contributed by atoms with E-state index in [0.29, 0.717) is 16.1 Å². The van der Waals surface area contributed by atoms with E-state index in [4.69, 9.17) is 16.3 Å². The van der Waals surface area contributed by atoms with Crippen LogP contribution in [0.2, 0.25) is 5.02 Å². The average molecular weight is 327 g/mol. The van der Waals surface area contributed by atoms with Gasteiger partial charge in [0.1, 0.15) is 11.8 Å². The summed E-state index contributed by atoms with van der Waals surface area (Å²) in [4.78, 5) is 14.3. The number of ether oxygens (including phenoxy) is 1. The van der Waals surface area contributed by atoms with Gasteiger partial charge >= 0.3 is 0 Å². The third-order valence-corrected chi connectivity index (χ3v) is 4.42. The minimum absolute atomic E-state index is 0.147. The Labute approximate surface area is 139 Å². The molecule has 2 aromatic carbocycles. The number of carbonyl (C=O) groups excluding carboxylic acids is 1. The van der Waals surface area contributed by atoms with Crippen LogP contribution in [0.25, 0.3) is 0 Å². The van der Waals surface area contributed by atoms with Crippen molar-refractivity contribution in [1.29, 1.82) is 5.26 Å². The molecule has 5 heteroatoms. The number of hydrogen-bond donors (Lipinski definition) is 0. The summed E-state index contributed by atoms with van der Waals surface area (Å²) in [6, 6.07) is 13.9. The van der Waals surface area contributed by atoms with E-state index < -0.39 is 6.04 Å². The number of nitriles is 1. The molecule has 2 atom stereocenters. The van der Waals surface area contributed by atoms with Crippen molar-refractivity contribution in [1.82, 2.24) is 4.90 Å². The Bertz CT molecular complexity index is 796. The summed E-state index contributed by atoms with van der Waals surface area (Å²) in [5.41, 5.74) is 2.16. The van der Waals surface area contributed by atoms with Gasteiger partial charge in [0.15, 0.2) is 0 Å². The molecule has 3 rings (SSSR count). The lowest BCUT2D eigenvalue weighted by Gasteiger charge is -2.28. The van der Waals surface area contributed by atoms with E-state index in [1.54, 1.807) is 30.2 Å². The molecule has 0 radical (unpaired) electrons. The molecule has 116 valence electrons. The SMILES string of the molecule is COc1ccc(C(C)N2C(=O)c3ccc(Cl)cc3C2C#N)cc1. The van der Waals surface area contributed by atoms with E-state index in [9.17, 15) is 10.1 Å². The van der Waals surface area contributed by atoms with Crippen molar-refractivity contribution in [2.75, 3.05) is 7.11 Å². The minimum atomic E-state index is -0.631. The number of benzene rings is 2. The van der Waals surface area contributed by atoms with Crippen LogP contribution in [0.15, 0.2) is 42.5 Å². The number of carbonyl (C=O) groups is 1. The lowest BCUT2D eigenvalue weighted by atomic mass is 10.0. The number of nitrogens with zero attached hydrogens (tertiary/aromatic N) is 2. The maximum absolute atomic E-state index is 12.7. The van der Waals surface area contributed by atoms with Crippen LogP contribution in [0.1, 0.15) is 40.5 Å². The molecule has 1 heterocycles. The van der Waals surface area contributed by atoms with Crippen molar-refractivity contribution >= 4 is 17.5 Å². The van der Waals surface area contributed by atoms with Crippen molar-refractivity contribution in [3.8, 4) is 11.8 Å². The Kier molecular flexibility index (Phi) is 3.97. The third-order valence-electron chi connectivity index (χ3n) is 4.19. The smallest absolute Gasteiger partial charge is 0.256 e. The minimum Gasteiger partial charge on any atom is -0.497 e. The summed E-state index contributed by atoms with van der Waals surface area (Å²) in [6.07, 6.45) is 0. The second kappa shape index (κ2) is 5.94. The summed E-state index contributed by atoms with van der Waals surface area (Å²) in [5.74, 6) is 0.604. The normalized spacial score (nSPS) is 17.6. The fourth-order valence-corrected chi connectivity index (χ4v) is 3.12. The summed E-state index contributed by atoms with van der Waals surface area (Å²) < 4.78 is 5.15. The highest BCUT2D eigenvalue weighted by atomic mass is 35.5. The summed E-state index contributed by atoms with van der Waals surface area (Å²) >= 11 is 6.02. The molecule has 0 aromatic heterocycles. The Morgan fingerprint density at radius 3 is 2.57 bits per heavy atom. The van der Waals surface area contributed by atoms with Gasteiger partial charge in [-0.1, -0.05) is 23.7 Å². The van der Waals surface area contributed by atoms with E-state index in [1.807, 2.05) is 31.2 Å². The van der Waals surface area contributed by atoms with Gasteiger partial charge in [-0.15, -0.1) is 0 Å². The highest BCUT2D eigenvalue weighted by Crippen LogP contribution is 2.40. The molecule has 0 fully saturated rings. The monoisotopic (exact) mass is 326 g/mol. The summed E-state index contributed by atoms with van der Waals surface area (Å²) in [7, 11) is 1.61. The summed E-state index contributed by atoms with van der Waals surface area (Å²) in [5, 5.41) is 10.1. The van der Waals surface area contributed by atoms with Crippen LogP contribution in [-0.2, 0) is 0 Å². The van der Waals surface area contributed by atoms with Crippen molar-refractivity contribution in [3.63, 3.8) is 0 Å². The van der Waals surface area contributed by atoms with Gasteiger partial charge in [-0.05, 0) is 42.8 Å². The third kappa shape index (κ3) is 2.54. The molecule has 1 aliphatic rings. The highest BCUT2D eigenvalue weighted by molar-refractivity contribution is 6.30. The van der Waals surface area contributed by atoms with Crippen molar-refractivity contribution < 1.29 is 9.53 Å². The van der Waals surface area contributed by atoms with Crippen LogP contribution in [0, 0.1) is 11.3 Å². The zero-order chi connectivity index (χ0) is 16.6. The van der Waals surface area contributed by atoms with Crippen LogP contribution >= 0.6 is 11.6 Å². The first-order valence-corrected chi connectivity index (χ1v) is 7.60. The maximum Gasteiger partial charge on any atom is 0.256 e. The molecular weight excluding hydrogens is 312 g/mol. The number of halogens is 1. The van der Waals surface area contributed by atoms with Crippen molar-refractivity contribution in [2.24, 2.45) is 0 Å². The van der Waals surface area contributed by atoms with Gasteiger partial charge in [0.05, 0.1) is 19.2 Å². The summed E-state index contributed by atoms with van der Waals surface area (Å²) in [6.45, 7) is 1.91. The fraction of sp³-hybridized carbons (Fsp3) is 0.222. The zero-order valence-electron chi connectivity index (χ0n) is 12.8. The number of methoxy groups -OCH3 is 1. The molecule has 0 aliphatic carbocycles. The van der Waals surface area contributed by atoms with Gasteiger partial charge in [-0.2, -0.15) is 5.26 Å². The van der Waals surface area contributed by atoms with E-state index >= 15 is 0 Å². The average Bonchev–Trinajstić information content (AvgIpc) is 2.85. The molecule has 2 aromatic rings. The highest BCUT2D eigenvalue weighted by Gasteiger charge is 2.40. The number of fused-ring (bicyclic) bond motifs is 1. The molecule has 0 saturated carbocycles. The lowest BCUT2D eigenvalue weighted by molar-refractivity contribution is 0.0687. The molecule has 23 heavy (non-hydrogen) atoms. The standard InChI is InChI=1S/C18H15ClN2O2/c1-11(12-3-6-14(23-2)7-4-12)21-17(10-20)16-9-13(19)5-8-15(16)18(21)22/h3-9,11,17H,1-2H3. The molecule has 0 N–H and O–H groups in total. The Morgan fingerprint density at radius 2 is 1.96 bits per heavy atom. The fourth-order valence-electron chi connectivity index (χ4n) is 2.94. The molecular formula is C18H15ClN2O2. The van der Waals surface area contributed by atoms with Gasteiger partial charge in [0.2, 0.25) is 0 Å². The Balaban J connectivity index is 1.99. The van der Waals surface area contributed by atoms with Crippen molar-refractivity contribution in [2.45, 2.75) is 19.0 Å². The van der Waals surface area contributed by atoms with Crippen LogP contribution in [0.3, 0.4) is 0 Å². The number of hydrogen-bond acceptors (Lipinski definition) is 3. The topological polar surface area (TPSA) is 53.3 Å². The molecule has 4 nitrogen and oxygen atoms in total. The second-order valence-electron chi connectivity index (χ2n) is 5.42. The largest absolute Gasteiger partial charge is 0.497 e. The zero-order valence-corrected chi connectivity index (χ0v) is 13.5. The molecule has 0 spiro atoms. The van der Waals surface area contributed by atoms with E-state index in [1.165, 1.54) is 0 Å². The van der Waals surface area contributed by atoms with E-state index in [2.05, 4.69) is 6.07 Å². The molecule has 0 saturated heterocycles. The predicted molar refractivity (Wildman–Crippen MR) is 87.4 cm³/mol. The first-order chi connectivity index (χ1) is 11.1. The quantitative estimate of drug-likeness (QED) is 0.852. The Morgan fingerprint density at radius 1 is 1.26 bits per heavy atom. The van der Waals surface area contributed by atoms with Gasteiger partial charge in [0, 0.05) is 16.1 Å². The Hall–Kier alpha value is -2.51. The molecule has 1 amide bonds. The number of rotatable bonds is 3. The van der Waals surface area contributed by atoms with Crippen LogP contribution in [0.5, 0.6) is 5.75 Å². The van der Waals surface area contributed by atoms with E-state index in [-0.39, 0.29) is 11.9 Å². The molecule has 0 bridgehead atoms. The first-order valence-electron chi connectivity index (χ1n) is 7.22. The van der Waals surface area contributed by atoms with Crippen LogP contribution in [-0.4, -0.2) is 17.9 Å². The maximum atomic E-state index is 12.7. The van der Waals surface area contributed by atoms with Crippen LogP contribution in [0.4, 0.5) is 0 Å². The lowest BCUT2D eigenvalue weighted by Crippen LogP contribution is -2.30. The van der Waals surface area contributed by atoms with Gasteiger partial charge in [0.25, 0.3) is 5.91 Å². The number of amides is 1.